The van der Waals surface area contributed by atoms with Crippen molar-refractivity contribution in [1.29, 1.82) is 0 Å². The molecule has 2 rings (SSSR count). The van der Waals surface area contributed by atoms with Gasteiger partial charge in [0.1, 0.15) is 0 Å². The number of aliphatic carboxylic acids is 1. The maximum Gasteiger partial charge on any atom is 0.343 e. The number of fused-ring (bicyclic) bond motifs is 1. The van der Waals surface area contributed by atoms with Gasteiger partial charge in [-0.15, -0.1) is 0 Å². The maximum atomic E-state index is 11.5. The van der Waals surface area contributed by atoms with E-state index in [1.54, 1.807) is 0 Å². The predicted molar refractivity (Wildman–Crippen MR) is 56.1 cm³/mol. The van der Waals surface area contributed by atoms with E-state index >= 15 is 0 Å². The lowest BCUT2D eigenvalue weighted by molar-refractivity contribution is -0.142. The van der Waals surface area contributed by atoms with E-state index in [9.17, 15) is 24.3 Å². The van der Waals surface area contributed by atoms with Gasteiger partial charge in [-0.2, -0.15) is 0 Å². The zero-order valence-electron chi connectivity index (χ0n) is 8.80. The molecule has 92 valence electrons. The van der Waals surface area contributed by atoms with Crippen molar-refractivity contribution < 1.29 is 24.3 Å². The van der Waals surface area contributed by atoms with Gasteiger partial charge >= 0.3 is 13.6 Å². The van der Waals surface area contributed by atoms with Crippen molar-refractivity contribution in [1.82, 2.24) is 5.32 Å². The second-order valence-corrected chi connectivity index (χ2v) is 6.56. The molecule has 0 aromatic rings. The Kier molecular flexibility index (Phi) is 2.87. The number of rotatable bonds is 2. The molecule has 1 aliphatic carbocycles. The van der Waals surface area contributed by atoms with Gasteiger partial charge in [0.05, 0.1) is 0 Å². The fourth-order valence-corrected chi connectivity index (χ4v) is 4.64. The Bertz CT molecular complexity index is 354. The average Bonchev–Trinajstić information content (AvgIpc) is 2.56. The number of hydrogen-bond acceptors (Lipinski definition) is 3. The van der Waals surface area contributed by atoms with Crippen LogP contribution >= 0.6 is 7.60 Å². The smallest absolute Gasteiger partial charge is 0.343 e. The zero-order valence-corrected chi connectivity index (χ0v) is 9.69. The first kappa shape index (κ1) is 12.0. The van der Waals surface area contributed by atoms with E-state index in [4.69, 9.17) is 0 Å². The van der Waals surface area contributed by atoms with Crippen LogP contribution in [0, 0.1) is 11.8 Å². The second-order valence-electron chi connectivity index (χ2n) is 4.67. The van der Waals surface area contributed by atoms with Crippen LogP contribution in [0.2, 0.25) is 0 Å². The predicted octanol–water partition coefficient (Wildman–Crippen LogP) is 0.00700. The summed E-state index contributed by atoms with van der Waals surface area (Å²) in [6, 6.07) is 0. The number of hydrogen-bond donors (Lipinski definition) is 4. The SMILES string of the molecule is O=C(O)C1(P(=O)(O)O)CCC2CNCCC21. The third kappa shape index (κ3) is 1.52. The number of carboxylic acid groups (broad SMARTS) is 1. The zero-order chi connectivity index (χ0) is 12.0. The Balaban J connectivity index is 2.41. The molecule has 2 fully saturated rings. The van der Waals surface area contributed by atoms with E-state index < -0.39 is 24.6 Å². The van der Waals surface area contributed by atoms with Crippen molar-refractivity contribution in [3.8, 4) is 0 Å². The van der Waals surface area contributed by atoms with Gasteiger partial charge in [-0.3, -0.25) is 9.36 Å². The van der Waals surface area contributed by atoms with Crippen LogP contribution in [0.5, 0.6) is 0 Å². The topological polar surface area (TPSA) is 107 Å². The lowest BCUT2D eigenvalue weighted by Gasteiger charge is -2.36. The molecule has 0 spiro atoms. The summed E-state index contributed by atoms with van der Waals surface area (Å²) >= 11 is 0. The van der Waals surface area contributed by atoms with E-state index in [-0.39, 0.29) is 12.3 Å². The summed E-state index contributed by atoms with van der Waals surface area (Å²) in [4.78, 5) is 30.1. The number of nitrogens with one attached hydrogen (secondary N) is 1. The summed E-state index contributed by atoms with van der Waals surface area (Å²) in [7, 11) is -4.62. The molecule has 1 saturated carbocycles. The van der Waals surface area contributed by atoms with Gasteiger partial charge in [-0.25, -0.2) is 0 Å². The van der Waals surface area contributed by atoms with E-state index in [0.29, 0.717) is 25.9 Å². The van der Waals surface area contributed by atoms with Crippen LogP contribution in [-0.4, -0.2) is 39.1 Å². The molecule has 6 nitrogen and oxygen atoms in total. The first-order valence-electron chi connectivity index (χ1n) is 5.39. The standard InChI is InChI=1S/C9H16NO5P/c11-8(12)9(16(13,14)15)3-1-6-5-10-4-2-7(6)9/h6-7,10H,1-5H2,(H,11,12)(H2,13,14,15). The summed E-state index contributed by atoms with van der Waals surface area (Å²) in [6.45, 7) is 1.30. The molecule has 3 unspecified atom stereocenters. The Morgan fingerprint density at radius 2 is 2.06 bits per heavy atom. The van der Waals surface area contributed by atoms with Crippen molar-refractivity contribution in [2.75, 3.05) is 13.1 Å². The Hall–Kier alpha value is -0.420. The molecule has 0 amide bonds. The van der Waals surface area contributed by atoms with Crippen LogP contribution in [0.15, 0.2) is 0 Å². The Labute approximate surface area is 93.2 Å². The summed E-state index contributed by atoms with van der Waals surface area (Å²) in [5.41, 5.74) is 0. The minimum Gasteiger partial charge on any atom is -0.480 e. The van der Waals surface area contributed by atoms with Crippen LogP contribution in [0.25, 0.3) is 0 Å². The minimum absolute atomic E-state index is 0.0810. The van der Waals surface area contributed by atoms with Crippen LogP contribution in [0.3, 0.4) is 0 Å². The van der Waals surface area contributed by atoms with Gasteiger partial charge in [-0.1, -0.05) is 0 Å². The molecular weight excluding hydrogens is 233 g/mol. The van der Waals surface area contributed by atoms with Crippen LogP contribution in [0.4, 0.5) is 0 Å². The van der Waals surface area contributed by atoms with Crippen LogP contribution in [0.1, 0.15) is 19.3 Å². The van der Waals surface area contributed by atoms with Gasteiger partial charge in [-0.05, 0) is 44.2 Å². The normalized spacial score (nSPS) is 39.4. The first-order valence-corrected chi connectivity index (χ1v) is 7.00. The molecule has 0 radical (unpaired) electrons. The second kappa shape index (κ2) is 3.81. The van der Waals surface area contributed by atoms with Crippen LogP contribution in [-0.2, 0) is 9.36 Å². The summed E-state index contributed by atoms with van der Waals surface area (Å²) in [6.07, 6.45) is 1.20. The maximum absolute atomic E-state index is 11.5. The molecule has 2 aliphatic rings. The number of piperidine rings is 1. The molecule has 4 N–H and O–H groups in total. The molecule has 1 heterocycles. The van der Waals surface area contributed by atoms with E-state index in [1.807, 2.05) is 0 Å². The fourth-order valence-electron chi connectivity index (χ4n) is 3.20. The highest BCUT2D eigenvalue weighted by Crippen LogP contribution is 2.64. The van der Waals surface area contributed by atoms with Gasteiger partial charge in [0.25, 0.3) is 0 Å². The van der Waals surface area contributed by atoms with Crippen molar-refractivity contribution in [2.24, 2.45) is 11.8 Å². The molecule has 1 saturated heterocycles. The Morgan fingerprint density at radius 1 is 1.38 bits per heavy atom. The highest BCUT2D eigenvalue weighted by atomic mass is 31.2. The highest BCUT2D eigenvalue weighted by molar-refractivity contribution is 7.54. The largest absolute Gasteiger partial charge is 0.480 e. The lowest BCUT2D eigenvalue weighted by Crippen LogP contribution is -2.48. The van der Waals surface area contributed by atoms with Crippen molar-refractivity contribution >= 4 is 13.6 Å². The molecule has 0 aromatic carbocycles. The summed E-state index contributed by atoms with van der Waals surface area (Å²) in [5.74, 6) is -1.65. The number of carboxylic acids is 1. The fraction of sp³-hybridized carbons (Fsp3) is 0.889. The highest BCUT2D eigenvalue weighted by Gasteiger charge is 2.64. The van der Waals surface area contributed by atoms with Crippen molar-refractivity contribution in [3.05, 3.63) is 0 Å². The van der Waals surface area contributed by atoms with Gasteiger partial charge in [0.2, 0.25) is 0 Å². The third-order valence-corrected chi connectivity index (χ3v) is 5.79. The lowest BCUT2D eigenvalue weighted by atomic mass is 9.83. The molecular formula is C9H16NO5P. The van der Waals surface area contributed by atoms with Crippen molar-refractivity contribution in [2.45, 2.75) is 24.4 Å². The van der Waals surface area contributed by atoms with Crippen LogP contribution < -0.4 is 5.32 Å². The van der Waals surface area contributed by atoms with E-state index in [1.165, 1.54) is 0 Å². The first-order chi connectivity index (χ1) is 7.39. The van der Waals surface area contributed by atoms with Crippen molar-refractivity contribution in [3.63, 3.8) is 0 Å². The molecule has 3 atom stereocenters. The molecule has 0 aromatic heterocycles. The van der Waals surface area contributed by atoms with E-state index in [0.717, 1.165) is 0 Å². The minimum atomic E-state index is -4.62. The molecule has 7 heteroatoms. The quantitative estimate of drug-likeness (QED) is 0.513. The van der Waals surface area contributed by atoms with Gasteiger partial charge < -0.3 is 20.2 Å². The van der Waals surface area contributed by atoms with Gasteiger partial charge in [0.15, 0.2) is 5.16 Å². The summed E-state index contributed by atoms with van der Waals surface area (Å²) in [5, 5.41) is 10.5. The van der Waals surface area contributed by atoms with Gasteiger partial charge in [0, 0.05) is 0 Å². The average molecular weight is 249 g/mol. The Morgan fingerprint density at radius 3 is 2.62 bits per heavy atom. The third-order valence-electron chi connectivity index (χ3n) is 4.01. The molecule has 0 bridgehead atoms. The summed E-state index contributed by atoms with van der Waals surface area (Å²) < 4.78 is 11.5. The molecule has 1 aliphatic heterocycles. The molecule has 16 heavy (non-hydrogen) atoms. The number of carbonyl (C=O) groups is 1. The van der Waals surface area contributed by atoms with E-state index in [2.05, 4.69) is 5.32 Å². The monoisotopic (exact) mass is 249 g/mol.